The van der Waals surface area contributed by atoms with Crippen LogP contribution in [-0.2, 0) is 14.8 Å². The molecule has 7 heteroatoms. The van der Waals surface area contributed by atoms with Gasteiger partial charge in [0, 0.05) is 18.0 Å². The number of hydrogen-bond acceptors (Lipinski definition) is 3. The van der Waals surface area contributed by atoms with E-state index in [4.69, 9.17) is 11.6 Å². The summed E-state index contributed by atoms with van der Waals surface area (Å²) in [5, 5.41) is 3.44. The number of rotatable bonds is 8. The number of anilines is 1. The van der Waals surface area contributed by atoms with Gasteiger partial charge in [-0.15, -0.1) is 0 Å². The molecule has 28 heavy (non-hydrogen) atoms. The molecular formula is C21H27ClN2O3S. The lowest BCUT2D eigenvalue weighted by molar-refractivity contribution is -0.121. The number of nitrogens with zero attached hydrogens (tertiary/aromatic N) is 1. The Bertz CT molecular complexity index is 944. The van der Waals surface area contributed by atoms with E-state index in [9.17, 15) is 13.2 Å². The highest BCUT2D eigenvalue weighted by molar-refractivity contribution is 7.92. The molecule has 5 nitrogen and oxygen atoms in total. The lowest BCUT2D eigenvalue weighted by Crippen LogP contribution is -2.32. The van der Waals surface area contributed by atoms with Gasteiger partial charge >= 0.3 is 0 Å². The molecule has 0 saturated carbocycles. The Balaban J connectivity index is 1.94. The molecule has 1 N–H and O–H groups in total. The molecule has 0 aromatic heterocycles. The highest BCUT2D eigenvalue weighted by Crippen LogP contribution is 2.22. The first-order chi connectivity index (χ1) is 13.1. The maximum absolute atomic E-state index is 12.3. The van der Waals surface area contributed by atoms with Crippen LogP contribution in [0.25, 0.3) is 0 Å². The van der Waals surface area contributed by atoms with Gasteiger partial charge < -0.3 is 5.32 Å². The minimum atomic E-state index is -3.46. The van der Waals surface area contributed by atoms with Crippen molar-refractivity contribution >= 4 is 33.2 Å². The minimum absolute atomic E-state index is 0.106. The van der Waals surface area contributed by atoms with Gasteiger partial charge in [0.15, 0.2) is 0 Å². The molecule has 0 spiro atoms. The molecule has 2 aromatic carbocycles. The summed E-state index contributed by atoms with van der Waals surface area (Å²) in [4.78, 5) is 12.3. The molecule has 1 atom stereocenters. The van der Waals surface area contributed by atoms with Crippen molar-refractivity contribution in [3.63, 3.8) is 0 Å². The van der Waals surface area contributed by atoms with Crippen LogP contribution in [0.2, 0.25) is 5.02 Å². The molecule has 2 rings (SSSR count). The van der Waals surface area contributed by atoms with Crippen molar-refractivity contribution in [2.45, 2.75) is 39.7 Å². The first-order valence-corrected chi connectivity index (χ1v) is 11.4. The van der Waals surface area contributed by atoms with E-state index in [2.05, 4.69) is 18.3 Å². The number of amides is 1. The summed E-state index contributed by atoms with van der Waals surface area (Å²) < 4.78 is 25.5. The van der Waals surface area contributed by atoms with Gasteiger partial charge in [-0.25, -0.2) is 8.42 Å². The Morgan fingerprint density at radius 1 is 1.14 bits per heavy atom. The van der Waals surface area contributed by atoms with Crippen LogP contribution in [0, 0.1) is 13.8 Å². The molecule has 0 bridgehead atoms. The molecule has 152 valence electrons. The average Bonchev–Trinajstić information content (AvgIpc) is 2.59. The Labute approximate surface area is 172 Å². The monoisotopic (exact) mass is 422 g/mol. The number of sulfonamides is 1. The fourth-order valence-corrected chi connectivity index (χ4v) is 4.07. The van der Waals surface area contributed by atoms with Crippen molar-refractivity contribution in [2.24, 2.45) is 0 Å². The molecule has 0 aliphatic carbocycles. The number of hydrogen-bond donors (Lipinski definition) is 1. The topological polar surface area (TPSA) is 66.5 Å². The molecule has 1 amide bonds. The highest BCUT2D eigenvalue weighted by Gasteiger charge is 2.18. The van der Waals surface area contributed by atoms with E-state index in [0.29, 0.717) is 17.1 Å². The second-order valence-electron chi connectivity index (χ2n) is 7.05. The fourth-order valence-electron chi connectivity index (χ4n) is 2.93. The van der Waals surface area contributed by atoms with Gasteiger partial charge in [-0.2, -0.15) is 0 Å². The number of carbonyl (C=O) groups excluding carboxylic acids is 1. The van der Waals surface area contributed by atoms with E-state index < -0.39 is 10.0 Å². The predicted molar refractivity (Wildman–Crippen MR) is 115 cm³/mol. The van der Waals surface area contributed by atoms with Gasteiger partial charge in [-0.05, 0) is 62.1 Å². The first kappa shape index (κ1) is 22.2. The Morgan fingerprint density at radius 2 is 1.86 bits per heavy atom. The van der Waals surface area contributed by atoms with Crippen molar-refractivity contribution in [1.82, 2.24) is 5.32 Å². The zero-order chi connectivity index (χ0) is 20.9. The normalized spacial score (nSPS) is 12.5. The largest absolute Gasteiger partial charge is 0.350 e. The fraction of sp³-hybridized carbons (Fsp3) is 0.381. The van der Waals surface area contributed by atoms with Gasteiger partial charge in [0.2, 0.25) is 15.9 Å². The first-order valence-electron chi connectivity index (χ1n) is 9.17. The van der Waals surface area contributed by atoms with Crippen LogP contribution in [-0.4, -0.2) is 27.1 Å². The molecule has 0 saturated heterocycles. The van der Waals surface area contributed by atoms with Crippen molar-refractivity contribution in [3.8, 4) is 0 Å². The lowest BCUT2D eigenvalue weighted by Gasteiger charge is -2.22. The Kier molecular flexibility index (Phi) is 7.49. The zero-order valence-corrected chi connectivity index (χ0v) is 18.3. The Hall–Kier alpha value is -2.05. The van der Waals surface area contributed by atoms with Gasteiger partial charge in [0.05, 0.1) is 18.0 Å². The molecule has 0 unspecified atom stereocenters. The number of carbonyl (C=O) groups is 1. The van der Waals surface area contributed by atoms with Crippen molar-refractivity contribution in [2.75, 3.05) is 17.1 Å². The summed E-state index contributed by atoms with van der Waals surface area (Å²) in [6.07, 6.45) is 1.79. The predicted octanol–water partition coefficient (Wildman–Crippen LogP) is 4.38. The smallest absolute Gasteiger partial charge is 0.232 e. The van der Waals surface area contributed by atoms with Gasteiger partial charge in [0.25, 0.3) is 0 Å². The zero-order valence-electron chi connectivity index (χ0n) is 16.7. The lowest BCUT2D eigenvalue weighted by atomic mass is 10.0. The van der Waals surface area contributed by atoms with Crippen LogP contribution in [0.3, 0.4) is 0 Å². The van der Waals surface area contributed by atoms with Crippen LogP contribution in [0.5, 0.6) is 0 Å². The van der Waals surface area contributed by atoms with Gasteiger partial charge in [-0.3, -0.25) is 9.10 Å². The van der Waals surface area contributed by atoms with E-state index >= 15 is 0 Å². The number of nitrogens with one attached hydrogen (secondary N) is 1. The van der Waals surface area contributed by atoms with Crippen molar-refractivity contribution in [3.05, 3.63) is 64.2 Å². The van der Waals surface area contributed by atoms with Gasteiger partial charge in [0.1, 0.15) is 0 Å². The summed E-state index contributed by atoms with van der Waals surface area (Å²) in [5.74, 6) is -0.106. The summed E-state index contributed by atoms with van der Waals surface area (Å²) in [7, 11) is -3.46. The van der Waals surface area contributed by atoms with E-state index in [-0.39, 0.29) is 24.9 Å². The highest BCUT2D eigenvalue weighted by atomic mass is 35.5. The maximum atomic E-state index is 12.3. The molecule has 0 heterocycles. The summed E-state index contributed by atoms with van der Waals surface area (Å²) in [6, 6.07) is 12.7. The minimum Gasteiger partial charge on any atom is -0.350 e. The molecule has 0 radical (unpaired) electrons. The van der Waals surface area contributed by atoms with E-state index in [1.54, 1.807) is 24.3 Å². The SMILES string of the molecule is Cc1ccc([C@@H](C)NC(=O)CCCN(c2cccc(Cl)c2)S(C)(=O)=O)cc1C. The summed E-state index contributed by atoms with van der Waals surface area (Å²) in [5.41, 5.74) is 3.94. The summed E-state index contributed by atoms with van der Waals surface area (Å²) in [6.45, 7) is 6.25. The third-order valence-electron chi connectivity index (χ3n) is 4.67. The van der Waals surface area contributed by atoms with Crippen LogP contribution in [0.1, 0.15) is 42.5 Å². The maximum Gasteiger partial charge on any atom is 0.232 e. The number of benzene rings is 2. The molecular weight excluding hydrogens is 396 g/mol. The van der Waals surface area contributed by atoms with Crippen LogP contribution in [0.15, 0.2) is 42.5 Å². The second kappa shape index (κ2) is 9.43. The van der Waals surface area contributed by atoms with E-state index in [0.717, 1.165) is 11.8 Å². The van der Waals surface area contributed by atoms with Crippen molar-refractivity contribution < 1.29 is 13.2 Å². The van der Waals surface area contributed by atoms with Crippen LogP contribution < -0.4 is 9.62 Å². The van der Waals surface area contributed by atoms with Crippen molar-refractivity contribution in [1.29, 1.82) is 0 Å². The molecule has 0 aliphatic rings. The standard InChI is InChI=1S/C21H27ClN2O3S/c1-15-10-11-18(13-16(15)2)17(3)23-21(25)9-6-12-24(28(4,26)27)20-8-5-7-19(22)14-20/h5,7-8,10-11,13-14,17H,6,9,12H2,1-4H3,(H,23,25)/t17-/m1/s1. The van der Waals surface area contributed by atoms with Crippen LogP contribution >= 0.6 is 11.6 Å². The third kappa shape index (κ3) is 6.24. The van der Waals surface area contributed by atoms with E-state index in [1.165, 1.54) is 15.4 Å². The second-order valence-corrected chi connectivity index (χ2v) is 9.39. The summed E-state index contributed by atoms with van der Waals surface area (Å²) >= 11 is 5.97. The quantitative estimate of drug-likeness (QED) is 0.686. The molecule has 0 aliphatic heterocycles. The molecule has 0 fully saturated rings. The average molecular weight is 423 g/mol. The number of aryl methyl sites for hydroxylation is 2. The third-order valence-corrected chi connectivity index (χ3v) is 6.10. The van der Waals surface area contributed by atoms with Gasteiger partial charge in [-0.1, -0.05) is 35.9 Å². The number of halogens is 1. The molecule has 2 aromatic rings. The Morgan fingerprint density at radius 3 is 2.46 bits per heavy atom. The van der Waals surface area contributed by atoms with Crippen LogP contribution in [0.4, 0.5) is 5.69 Å². The van der Waals surface area contributed by atoms with E-state index in [1.807, 2.05) is 26.0 Å².